The minimum absolute atomic E-state index is 0.207. The number of ether oxygens (including phenoxy) is 10. The van der Waals surface area contributed by atoms with Crippen LogP contribution >= 0.6 is 47.0 Å². The molecule has 14 nitrogen and oxygen atoms in total. The molecule has 354 valence electrons. The van der Waals surface area contributed by atoms with Crippen molar-refractivity contribution in [3.8, 4) is 35.2 Å². The van der Waals surface area contributed by atoms with Crippen LogP contribution in [0.25, 0.3) is 0 Å². The Kier molecular flexibility index (Phi) is 23.7. The average molecular weight is 983 g/mol. The maximum absolute atomic E-state index is 9.53. The summed E-state index contributed by atoms with van der Waals surface area (Å²) in [5, 5.41) is 42.4. The molecule has 66 heavy (non-hydrogen) atoms. The summed E-state index contributed by atoms with van der Waals surface area (Å²) in [7, 11) is 0. The third-order valence-corrected chi connectivity index (χ3v) is 14.4. The van der Waals surface area contributed by atoms with Gasteiger partial charge in [0.05, 0.1) is 125 Å². The number of fused-ring (bicyclic) bond motifs is 28. The van der Waals surface area contributed by atoms with Crippen LogP contribution in [-0.4, -0.2) is 139 Å². The highest BCUT2D eigenvalue weighted by molar-refractivity contribution is 8.33. The minimum Gasteiger partial charge on any atom is -0.490 e. The molecule has 6 bridgehead atoms. The van der Waals surface area contributed by atoms with Gasteiger partial charge in [-0.3, -0.25) is 0 Å². The molecule has 0 saturated heterocycles. The predicted octanol–water partition coefficient (Wildman–Crippen LogP) is 6.13. The monoisotopic (exact) mass is 982 g/mol. The summed E-state index contributed by atoms with van der Waals surface area (Å²) < 4.78 is 61.0. The van der Waals surface area contributed by atoms with Crippen LogP contribution in [0.2, 0.25) is 0 Å². The first-order valence-electron chi connectivity index (χ1n) is 21.2. The summed E-state index contributed by atoms with van der Waals surface area (Å²) in [5.74, 6) is 13.5. The fourth-order valence-electron chi connectivity index (χ4n) is 5.72. The summed E-state index contributed by atoms with van der Waals surface area (Å²) in [5.41, 5.74) is 3.04. The van der Waals surface area contributed by atoms with Gasteiger partial charge in [-0.25, -0.2) is 0 Å². The molecule has 4 aliphatic rings. The highest BCUT2D eigenvalue weighted by Gasteiger charge is 2.22. The summed E-state index contributed by atoms with van der Waals surface area (Å²) in [6.07, 6.45) is -3.18. The molecule has 4 aliphatic heterocycles. The lowest BCUT2D eigenvalue weighted by molar-refractivity contribution is -0.0430. The van der Waals surface area contributed by atoms with Crippen molar-refractivity contribution in [2.45, 2.75) is 12.6 Å². The Bertz CT molecular complexity index is 2020. The van der Waals surface area contributed by atoms with Gasteiger partial charge >= 0.3 is 0 Å². The molecule has 4 heterocycles. The Labute approximate surface area is 402 Å². The van der Waals surface area contributed by atoms with Crippen LogP contribution in [0, 0.1) is 23.7 Å². The van der Waals surface area contributed by atoms with Crippen molar-refractivity contribution in [2.24, 2.45) is 0 Å². The first-order chi connectivity index (χ1) is 32.4. The maximum Gasteiger partial charge on any atom is 0.178 e. The lowest BCUT2D eigenvalue weighted by atomic mass is 10.1. The molecule has 0 saturated carbocycles. The fraction of sp³-hybridized carbons (Fsp3) is 0.417. The van der Waals surface area contributed by atoms with Crippen LogP contribution in [0.4, 0.5) is 0 Å². The second-order valence-corrected chi connectivity index (χ2v) is 18.5. The first-order valence-corrected chi connectivity index (χ1v) is 24.6. The van der Waals surface area contributed by atoms with Gasteiger partial charge < -0.3 is 67.8 Å². The van der Waals surface area contributed by atoms with E-state index in [0.717, 1.165) is 0 Å². The summed E-state index contributed by atoms with van der Waals surface area (Å²) in [6, 6.07) is 16.7. The van der Waals surface area contributed by atoms with Crippen molar-refractivity contribution >= 4 is 47.0 Å². The second kappa shape index (κ2) is 30.1. The lowest BCUT2D eigenvalue weighted by Crippen LogP contribution is -2.14. The van der Waals surface area contributed by atoms with E-state index in [-0.39, 0.29) is 26.4 Å². The molecule has 0 amide bonds. The fourth-order valence-corrected chi connectivity index (χ4v) is 10.5. The van der Waals surface area contributed by atoms with Crippen molar-refractivity contribution in [2.75, 3.05) is 119 Å². The largest absolute Gasteiger partial charge is 0.490 e. The van der Waals surface area contributed by atoms with Gasteiger partial charge in [0.25, 0.3) is 0 Å². The van der Waals surface area contributed by atoms with E-state index in [2.05, 4.69) is 34.5 Å². The topological polar surface area (TPSA) is 173 Å². The molecule has 0 spiro atoms. The van der Waals surface area contributed by atoms with Crippen LogP contribution in [0.5, 0.6) is 11.5 Å². The molecule has 0 aromatic heterocycles. The molecule has 3 aromatic rings. The third kappa shape index (κ3) is 18.9. The molecule has 18 heteroatoms. The molecular formula is C48H54O14S4. The zero-order valence-corrected chi connectivity index (χ0v) is 39.6. The molecule has 4 N–H and O–H groups in total. The van der Waals surface area contributed by atoms with E-state index in [1.807, 2.05) is 0 Å². The van der Waals surface area contributed by atoms with Gasteiger partial charge in [-0.15, -0.1) is 0 Å². The van der Waals surface area contributed by atoms with E-state index in [1.54, 1.807) is 108 Å². The summed E-state index contributed by atoms with van der Waals surface area (Å²) in [4.78, 5) is 2.35. The molecule has 3 aromatic carbocycles. The van der Waals surface area contributed by atoms with Gasteiger partial charge in [-0.1, -0.05) is 95.0 Å². The van der Waals surface area contributed by atoms with Gasteiger partial charge in [0.2, 0.25) is 0 Å². The highest BCUT2D eigenvalue weighted by atomic mass is 32.2. The van der Waals surface area contributed by atoms with E-state index in [1.165, 1.54) is 18.3 Å². The lowest BCUT2D eigenvalue weighted by Gasteiger charge is -2.14. The number of thioether (sulfide) groups is 4. The molecule has 0 fully saturated rings. The van der Waals surface area contributed by atoms with E-state index in [4.69, 9.17) is 47.4 Å². The quantitative estimate of drug-likeness (QED) is 0.131. The Balaban J connectivity index is 1.07. The van der Waals surface area contributed by atoms with Crippen molar-refractivity contribution in [3.05, 3.63) is 123 Å². The van der Waals surface area contributed by atoms with Crippen LogP contribution in [0.3, 0.4) is 0 Å². The minimum atomic E-state index is -1.59. The standard InChI is InChI=1S/C48H54O14S4/c49-45(50)37-7-1-35(2-8-37)5-11-39-29-44-40(12-6-36-3-9-38(10-4-36)46(51)52)30-43(39)61-27-25-57-19-17-53-13-15-55-21-23-59-31-41-33-63-47(65-41)48-64-34-42(66-48)32-60-24-22-56-16-14-54-18-20-58-26-28-62-44/h1-4,7-10,29-30,33-34,45-46,49-52H,13-28,31-32H2/b48-47+. The summed E-state index contributed by atoms with van der Waals surface area (Å²) in [6.45, 7) is 7.21. The molecule has 0 radical (unpaired) electrons. The van der Waals surface area contributed by atoms with Gasteiger partial charge in [0.15, 0.2) is 12.6 Å². The molecular weight excluding hydrogens is 929 g/mol. The first kappa shape index (κ1) is 51.9. The Hall–Kier alpha value is -3.48. The maximum atomic E-state index is 9.53. The predicted molar refractivity (Wildman–Crippen MR) is 257 cm³/mol. The van der Waals surface area contributed by atoms with Crippen molar-refractivity contribution in [3.63, 3.8) is 0 Å². The number of hydrogen-bond acceptors (Lipinski definition) is 18. The second-order valence-electron chi connectivity index (χ2n) is 14.0. The zero-order valence-electron chi connectivity index (χ0n) is 36.3. The van der Waals surface area contributed by atoms with Gasteiger partial charge in [0, 0.05) is 44.2 Å². The molecule has 7 rings (SSSR count). The average Bonchev–Trinajstić information content (AvgIpc) is 4.01. The Morgan fingerprint density at radius 2 is 0.712 bits per heavy atom. The number of hydrogen-bond donors (Lipinski definition) is 4. The number of benzene rings is 3. The molecule has 0 aliphatic carbocycles. The van der Waals surface area contributed by atoms with Gasteiger partial charge in [-0.05, 0) is 35.1 Å². The van der Waals surface area contributed by atoms with E-state index in [9.17, 15) is 20.4 Å². The van der Waals surface area contributed by atoms with Crippen LogP contribution in [0.1, 0.15) is 46.0 Å². The van der Waals surface area contributed by atoms with Crippen molar-refractivity contribution < 1.29 is 67.8 Å². The summed E-state index contributed by atoms with van der Waals surface area (Å²) >= 11 is 6.96. The van der Waals surface area contributed by atoms with E-state index >= 15 is 0 Å². The van der Waals surface area contributed by atoms with Crippen LogP contribution in [0.15, 0.2) is 89.8 Å². The van der Waals surface area contributed by atoms with Crippen molar-refractivity contribution in [1.82, 2.24) is 0 Å². The van der Waals surface area contributed by atoms with Gasteiger partial charge in [-0.2, -0.15) is 0 Å². The Morgan fingerprint density at radius 3 is 1.05 bits per heavy atom. The van der Waals surface area contributed by atoms with Crippen LogP contribution in [-0.2, 0) is 37.9 Å². The van der Waals surface area contributed by atoms with E-state index in [0.29, 0.717) is 137 Å². The zero-order chi connectivity index (χ0) is 46.0. The SMILES string of the molecule is OC(O)c1ccc(C#Cc2cc3c(C#Cc4ccc(C(O)O)cc4)cc2OCCOCCOCCOCCOCC2=CS/C(=C4/SC=C(COCCOCCOCCOCCO3)S4)S2)cc1. The normalized spacial score (nSPS) is 19.8. The highest BCUT2D eigenvalue weighted by Crippen LogP contribution is 2.55. The number of rotatable bonds is 2. The number of aliphatic hydroxyl groups excluding tert-OH is 2. The Morgan fingerprint density at radius 1 is 0.394 bits per heavy atom. The number of aliphatic hydroxyl groups is 4. The smallest absolute Gasteiger partial charge is 0.178 e. The van der Waals surface area contributed by atoms with Crippen molar-refractivity contribution in [1.29, 1.82) is 0 Å². The van der Waals surface area contributed by atoms with E-state index < -0.39 is 12.6 Å². The van der Waals surface area contributed by atoms with Crippen LogP contribution < -0.4 is 9.47 Å². The third-order valence-electron chi connectivity index (χ3n) is 9.08. The van der Waals surface area contributed by atoms with Gasteiger partial charge in [0.1, 0.15) is 24.7 Å². The molecule has 0 unspecified atom stereocenters. The molecule has 0 atom stereocenters.